The number of H-pyrrole nitrogens is 1. The number of aromatic nitrogens is 1. The van der Waals surface area contributed by atoms with Gasteiger partial charge in [0.15, 0.2) is 0 Å². The molecule has 0 unspecified atom stereocenters. The van der Waals surface area contributed by atoms with Gasteiger partial charge in [0.1, 0.15) is 5.69 Å². The van der Waals surface area contributed by atoms with Crippen LogP contribution in [0.25, 0.3) is 0 Å². The van der Waals surface area contributed by atoms with Crippen LogP contribution in [0.3, 0.4) is 0 Å². The summed E-state index contributed by atoms with van der Waals surface area (Å²) in [4.78, 5) is 14.2. The number of nitrogens with one attached hydrogen (secondary N) is 2. The van der Waals surface area contributed by atoms with Gasteiger partial charge in [-0.15, -0.1) is 0 Å². The van der Waals surface area contributed by atoms with Crippen LogP contribution in [0.4, 0.5) is 0 Å². The first-order chi connectivity index (χ1) is 7.71. The zero-order valence-electron chi connectivity index (χ0n) is 10.2. The molecule has 0 fully saturated rings. The van der Waals surface area contributed by atoms with E-state index in [9.17, 15) is 4.79 Å². The fourth-order valence-electron chi connectivity index (χ4n) is 1.60. The molecule has 1 aromatic rings. The minimum Gasteiger partial charge on any atom is -0.464 e. The molecule has 0 spiro atoms. The number of esters is 1. The molecule has 0 aromatic carbocycles. The molecular formula is C12H20N2O2. The van der Waals surface area contributed by atoms with Crippen LogP contribution >= 0.6 is 0 Å². The average molecular weight is 224 g/mol. The molecule has 1 heterocycles. The van der Waals surface area contributed by atoms with E-state index in [0.717, 1.165) is 25.1 Å². The minimum absolute atomic E-state index is 0.325. The van der Waals surface area contributed by atoms with Gasteiger partial charge in [0.2, 0.25) is 0 Å². The molecular weight excluding hydrogens is 204 g/mol. The highest BCUT2D eigenvalue weighted by Crippen LogP contribution is 2.04. The van der Waals surface area contributed by atoms with Gasteiger partial charge in [0, 0.05) is 18.3 Å². The van der Waals surface area contributed by atoms with E-state index in [1.165, 1.54) is 7.11 Å². The minimum atomic E-state index is -0.325. The van der Waals surface area contributed by atoms with Gasteiger partial charge in [0.05, 0.1) is 7.11 Å². The summed E-state index contributed by atoms with van der Waals surface area (Å²) in [5, 5.41) is 3.42. The van der Waals surface area contributed by atoms with Crippen molar-refractivity contribution in [3.63, 3.8) is 0 Å². The van der Waals surface area contributed by atoms with Gasteiger partial charge in [-0.3, -0.25) is 0 Å². The molecule has 0 radical (unpaired) electrons. The Morgan fingerprint density at radius 3 is 2.69 bits per heavy atom. The fraction of sp³-hybridized carbons (Fsp3) is 0.583. The smallest absolute Gasteiger partial charge is 0.354 e. The predicted molar refractivity (Wildman–Crippen MR) is 63.3 cm³/mol. The molecule has 0 bridgehead atoms. The summed E-state index contributed by atoms with van der Waals surface area (Å²) < 4.78 is 4.63. The molecule has 2 N–H and O–H groups in total. The summed E-state index contributed by atoms with van der Waals surface area (Å²) in [5.74, 6) is -0.325. The largest absolute Gasteiger partial charge is 0.464 e. The van der Waals surface area contributed by atoms with Gasteiger partial charge in [-0.05, 0) is 25.0 Å². The Kier molecular flexibility index (Phi) is 5.05. The molecule has 0 atom stereocenters. The standard InChI is InChI=1S/C12H20N2O2/c1-4-9(5-2)13-8-10-6-7-11(14-10)12(15)16-3/h6-7,9,13-14H,4-5,8H2,1-3H3. The van der Waals surface area contributed by atoms with Crippen LogP contribution < -0.4 is 5.32 Å². The second kappa shape index (κ2) is 6.33. The predicted octanol–water partition coefficient (Wildman–Crippen LogP) is 2.08. The van der Waals surface area contributed by atoms with E-state index in [0.29, 0.717) is 11.7 Å². The van der Waals surface area contributed by atoms with Crippen LogP contribution in [0, 0.1) is 0 Å². The van der Waals surface area contributed by atoms with Crippen LogP contribution in [0.1, 0.15) is 42.9 Å². The molecule has 1 aromatic heterocycles. The SMILES string of the molecule is CCC(CC)NCc1ccc(C(=O)OC)[nH]1. The van der Waals surface area contributed by atoms with E-state index in [4.69, 9.17) is 0 Å². The van der Waals surface area contributed by atoms with Crippen molar-refractivity contribution in [3.05, 3.63) is 23.5 Å². The van der Waals surface area contributed by atoms with E-state index in [-0.39, 0.29) is 5.97 Å². The van der Waals surface area contributed by atoms with E-state index < -0.39 is 0 Å². The molecule has 0 aliphatic rings. The maximum Gasteiger partial charge on any atom is 0.354 e. The Hall–Kier alpha value is -1.29. The number of carbonyl (C=O) groups is 1. The fourth-order valence-corrected chi connectivity index (χ4v) is 1.60. The molecule has 0 saturated heterocycles. The molecule has 4 heteroatoms. The van der Waals surface area contributed by atoms with Crippen LogP contribution in [0.2, 0.25) is 0 Å². The Morgan fingerprint density at radius 1 is 1.44 bits per heavy atom. The lowest BCUT2D eigenvalue weighted by atomic mass is 10.2. The lowest BCUT2D eigenvalue weighted by Gasteiger charge is -2.13. The third-order valence-corrected chi connectivity index (χ3v) is 2.72. The highest BCUT2D eigenvalue weighted by molar-refractivity contribution is 5.87. The average Bonchev–Trinajstić information content (AvgIpc) is 2.78. The van der Waals surface area contributed by atoms with Gasteiger partial charge in [-0.2, -0.15) is 0 Å². The Labute approximate surface area is 96.4 Å². The molecule has 0 amide bonds. The molecule has 0 saturated carbocycles. The third kappa shape index (κ3) is 3.38. The highest BCUT2D eigenvalue weighted by atomic mass is 16.5. The van der Waals surface area contributed by atoms with Crippen molar-refractivity contribution in [2.75, 3.05) is 7.11 Å². The van der Waals surface area contributed by atoms with Crippen molar-refractivity contribution in [2.24, 2.45) is 0 Å². The normalized spacial score (nSPS) is 10.8. The number of carbonyl (C=O) groups excluding carboxylic acids is 1. The number of methoxy groups -OCH3 is 1. The van der Waals surface area contributed by atoms with Gasteiger partial charge in [-0.1, -0.05) is 13.8 Å². The first kappa shape index (κ1) is 12.8. The van der Waals surface area contributed by atoms with E-state index in [1.807, 2.05) is 6.07 Å². The van der Waals surface area contributed by atoms with Gasteiger partial charge in [0.25, 0.3) is 0 Å². The van der Waals surface area contributed by atoms with Crippen molar-refractivity contribution in [3.8, 4) is 0 Å². The van der Waals surface area contributed by atoms with Crippen molar-refractivity contribution in [1.29, 1.82) is 0 Å². The summed E-state index contributed by atoms with van der Waals surface area (Å²) in [5.41, 5.74) is 1.51. The molecule has 0 aliphatic heterocycles. The summed E-state index contributed by atoms with van der Waals surface area (Å²) in [6.07, 6.45) is 2.22. The number of aromatic amines is 1. The number of hydrogen-bond donors (Lipinski definition) is 2. The summed E-state index contributed by atoms with van der Waals surface area (Å²) in [7, 11) is 1.38. The van der Waals surface area contributed by atoms with Crippen LogP contribution in [-0.4, -0.2) is 24.1 Å². The molecule has 1 rings (SSSR count). The molecule has 4 nitrogen and oxygen atoms in total. The van der Waals surface area contributed by atoms with Gasteiger partial charge >= 0.3 is 5.97 Å². The zero-order valence-corrected chi connectivity index (χ0v) is 10.2. The van der Waals surface area contributed by atoms with Gasteiger partial charge < -0.3 is 15.0 Å². The maximum atomic E-state index is 11.2. The summed E-state index contributed by atoms with van der Waals surface area (Å²) >= 11 is 0. The van der Waals surface area contributed by atoms with Gasteiger partial charge in [-0.25, -0.2) is 4.79 Å². The van der Waals surface area contributed by atoms with Crippen LogP contribution in [-0.2, 0) is 11.3 Å². The second-order valence-corrected chi connectivity index (χ2v) is 3.78. The topological polar surface area (TPSA) is 54.1 Å². The van der Waals surface area contributed by atoms with Crippen molar-refractivity contribution >= 4 is 5.97 Å². The number of hydrogen-bond acceptors (Lipinski definition) is 3. The quantitative estimate of drug-likeness (QED) is 0.727. The van der Waals surface area contributed by atoms with Crippen LogP contribution in [0.15, 0.2) is 12.1 Å². The highest BCUT2D eigenvalue weighted by Gasteiger charge is 2.08. The Bertz CT molecular complexity index is 330. The number of ether oxygens (including phenoxy) is 1. The van der Waals surface area contributed by atoms with Crippen LogP contribution in [0.5, 0.6) is 0 Å². The maximum absolute atomic E-state index is 11.2. The molecule has 90 valence electrons. The van der Waals surface area contributed by atoms with Crippen molar-refractivity contribution in [1.82, 2.24) is 10.3 Å². The zero-order chi connectivity index (χ0) is 12.0. The monoisotopic (exact) mass is 224 g/mol. The second-order valence-electron chi connectivity index (χ2n) is 3.78. The Morgan fingerprint density at radius 2 is 2.12 bits per heavy atom. The molecule has 16 heavy (non-hydrogen) atoms. The third-order valence-electron chi connectivity index (χ3n) is 2.72. The van der Waals surface area contributed by atoms with Crippen molar-refractivity contribution < 1.29 is 9.53 Å². The summed E-state index contributed by atoms with van der Waals surface area (Å²) in [6.45, 7) is 5.08. The lowest BCUT2D eigenvalue weighted by molar-refractivity contribution is 0.0594. The lowest BCUT2D eigenvalue weighted by Crippen LogP contribution is -2.27. The first-order valence-electron chi connectivity index (χ1n) is 5.70. The van der Waals surface area contributed by atoms with Crippen molar-refractivity contribution in [2.45, 2.75) is 39.3 Å². The first-order valence-corrected chi connectivity index (χ1v) is 5.70. The molecule has 0 aliphatic carbocycles. The van der Waals surface area contributed by atoms with E-state index in [2.05, 4.69) is 28.9 Å². The van der Waals surface area contributed by atoms with E-state index in [1.54, 1.807) is 6.07 Å². The Balaban J connectivity index is 2.49. The number of rotatable bonds is 6. The summed E-state index contributed by atoms with van der Waals surface area (Å²) in [6, 6.07) is 4.18. The van der Waals surface area contributed by atoms with E-state index >= 15 is 0 Å².